The highest BCUT2D eigenvalue weighted by Gasteiger charge is 2.43. The Bertz CT molecular complexity index is 1490. The second-order valence-corrected chi connectivity index (χ2v) is 8.13. The molecule has 0 spiro atoms. The molecule has 8 nitrogen and oxygen atoms in total. The van der Waals surface area contributed by atoms with E-state index in [4.69, 9.17) is 4.84 Å². The van der Waals surface area contributed by atoms with E-state index in [9.17, 15) is 23.2 Å². The summed E-state index contributed by atoms with van der Waals surface area (Å²) >= 11 is 0. The van der Waals surface area contributed by atoms with Crippen LogP contribution in [0.4, 0.5) is 19.0 Å². The number of piperazine rings is 1. The first-order valence-corrected chi connectivity index (χ1v) is 11.1. The molecule has 1 aliphatic heterocycles. The predicted octanol–water partition coefficient (Wildman–Crippen LogP) is 3.56. The summed E-state index contributed by atoms with van der Waals surface area (Å²) in [6.45, 7) is 1.97. The van der Waals surface area contributed by atoms with Gasteiger partial charge in [0, 0.05) is 55.1 Å². The number of nitrogens with zero attached hydrogens (tertiary/aromatic N) is 5. The van der Waals surface area contributed by atoms with Crippen molar-refractivity contribution in [2.24, 2.45) is 0 Å². The van der Waals surface area contributed by atoms with Gasteiger partial charge < -0.3 is 15.1 Å². The maximum absolute atomic E-state index is 13.2. The number of hydrogen-bond acceptors (Lipinski definition) is 7. The fourth-order valence-electron chi connectivity index (χ4n) is 4.13. The minimum Gasteiger partial charge on any atom is -0.352 e. The summed E-state index contributed by atoms with van der Waals surface area (Å²) in [6.07, 6.45) is -2.06. The van der Waals surface area contributed by atoms with Crippen molar-refractivity contribution < 1.29 is 22.8 Å². The molecular formula is C25H19F3N6O2. The zero-order valence-corrected chi connectivity index (χ0v) is 18.8. The van der Waals surface area contributed by atoms with Gasteiger partial charge in [0.1, 0.15) is 6.07 Å². The van der Waals surface area contributed by atoms with Crippen LogP contribution in [-0.2, 0) is 4.79 Å². The second-order valence-electron chi connectivity index (χ2n) is 8.13. The Labute approximate surface area is 203 Å². The van der Waals surface area contributed by atoms with E-state index in [2.05, 4.69) is 15.3 Å². The van der Waals surface area contributed by atoms with Crippen LogP contribution in [-0.4, -0.2) is 53.0 Å². The fraction of sp³-hybridized carbons (Fsp3) is 0.200. The number of carbonyl (C=O) groups is 1. The standard InChI is InChI=1S/C25H19F3N6O2/c26-25(27,28)24(35)36-34-22(13-18(14-29)23(34)33-9-7-30-8-10-33)17-5-6-31-21(12-17)19-11-16-3-1-2-4-20(16)32-15-19/h1-6,11-13,15,30H,7-10H2. The lowest BCUT2D eigenvalue weighted by atomic mass is 10.1. The average Bonchev–Trinajstić information content (AvgIpc) is 3.26. The van der Waals surface area contributed by atoms with Crippen LogP contribution < -0.4 is 15.1 Å². The molecule has 1 aromatic carbocycles. The van der Waals surface area contributed by atoms with Gasteiger partial charge in [0.15, 0.2) is 5.82 Å². The van der Waals surface area contributed by atoms with Gasteiger partial charge in [0.25, 0.3) is 0 Å². The van der Waals surface area contributed by atoms with Crippen LogP contribution in [0.1, 0.15) is 5.56 Å². The van der Waals surface area contributed by atoms with Crippen LogP contribution in [0.2, 0.25) is 0 Å². The van der Waals surface area contributed by atoms with Crippen LogP contribution in [0, 0.1) is 11.3 Å². The molecule has 36 heavy (non-hydrogen) atoms. The number of hydrogen-bond donors (Lipinski definition) is 1. The number of pyridine rings is 2. The molecule has 11 heteroatoms. The van der Waals surface area contributed by atoms with Gasteiger partial charge in [-0.15, -0.1) is 0 Å². The summed E-state index contributed by atoms with van der Waals surface area (Å²) in [4.78, 5) is 27.3. The molecule has 4 heterocycles. The van der Waals surface area contributed by atoms with E-state index in [-0.39, 0.29) is 17.1 Å². The van der Waals surface area contributed by atoms with Crippen molar-refractivity contribution in [1.29, 1.82) is 5.26 Å². The lowest BCUT2D eigenvalue weighted by Crippen LogP contribution is -2.45. The molecule has 1 saturated heterocycles. The Morgan fingerprint density at radius 2 is 1.83 bits per heavy atom. The lowest BCUT2D eigenvalue weighted by Gasteiger charge is -2.30. The molecule has 182 valence electrons. The minimum atomic E-state index is -5.21. The molecule has 1 aliphatic rings. The van der Waals surface area contributed by atoms with E-state index in [1.807, 2.05) is 36.4 Å². The third-order valence-corrected chi connectivity index (χ3v) is 5.82. The van der Waals surface area contributed by atoms with Gasteiger partial charge in [-0.2, -0.15) is 23.2 Å². The normalized spacial score (nSPS) is 14.0. The number of nitrogens with one attached hydrogen (secondary N) is 1. The summed E-state index contributed by atoms with van der Waals surface area (Å²) in [7, 11) is 0. The van der Waals surface area contributed by atoms with Gasteiger partial charge in [-0.25, -0.2) is 4.79 Å². The van der Waals surface area contributed by atoms with Crippen LogP contribution in [0.5, 0.6) is 0 Å². The fourth-order valence-corrected chi connectivity index (χ4v) is 4.13. The summed E-state index contributed by atoms with van der Waals surface area (Å²) < 4.78 is 40.3. The van der Waals surface area contributed by atoms with Gasteiger partial charge >= 0.3 is 12.1 Å². The zero-order chi connectivity index (χ0) is 25.3. The highest BCUT2D eigenvalue weighted by molar-refractivity contribution is 5.84. The molecular weight excluding hydrogens is 473 g/mol. The van der Waals surface area contributed by atoms with Crippen molar-refractivity contribution in [2.45, 2.75) is 6.18 Å². The van der Waals surface area contributed by atoms with E-state index >= 15 is 0 Å². The van der Waals surface area contributed by atoms with Crippen molar-refractivity contribution in [3.63, 3.8) is 0 Å². The highest BCUT2D eigenvalue weighted by atomic mass is 19.4. The third-order valence-electron chi connectivity index (χ3n) is 5.82. The third kappa shape index (κ3) is 4.46. The number of para-hydroxylation sites is 1. The SMILES string of the molecule is N#Cc1cc(-c2ccnc(-c3cnc4ccccc4c3)c2)n(OC(=O)C(F)(F)F)c1N1CCNCC1. The molecule has 0 bridgehead atoms. The monoisotopic (exact) mass is 492 g/mol. The van der Waals surface area contributed by atoms with E-state index in [0.717, 1.165) is 15.6 Å². The number of nitriles is 1. The molecule has 0 unspecified atom stereocenters. The van der Waals surface area contributed by atoms with Crippen molar-refractivity contribution in [3.05, 3.63) is 66.5 Å². The first kappa shape index (κ1) is 23.3. The lowest BCUT2D eigenvalue weighted by molar-refractivity contribution is -0.199. The zero-order valence-electron chi connectivity index (χ0n) is 18.8. The van der Waals surface area contributed by atoms with E-state index < -0.39 is 12.1 Å². The topological polar surface area (TPSA) is 96.1 Å². The van der Waals surface area contributed by atoms with Crippen molar-refractivity contribution >= 4 is 22.7 Å². The number of fused-ring (bicyclic) bond motifs is 1. The Morgan fingerprint density at radius 1 is 1.06 bits per heavy atom. The smallest absolute Gasteiger partial charge is 0.352 e. The Balaban J connectivity index is 1.63. The molecule has 0 radical (unpaired) electrons. The van der Waals surface area contributed by atoms with Gasteiger partial charge in [0.2, 0.25) is 0 Å². The van der Waals surface area contributed by atoms with Gasteiger partial charge in [-0.05, 0) is 30.3 Å². The molecule has 0 saturated carbocycles. The molecule has 0 atom stereocenters. The number of anilines is 1. The average molecular weight is 492 g/mol. The summed E-state index contributed by atoms with van der Waals surface area (Å²) in [6, 6.07) is 16.1. The molecule has 1 fully saturated rings. The predicted molar refractivity (Wildman–Crippen MR) is 126 cm³/mol. The molecule has 1 N–H and O–H groups in total. The van der Waals surface area contributed by atoms with Crippen LogP contribution >= 0.6 is 0 Å². The first-order chi connectivity index (χ1) is 17.3. The Hall–Kier alpha value is -4.43. The Kier molecular flexibility index (Phi) is 6.03. The molecule has 4 aromatic rings. The van der Waals surface area contributed by atoms with Crippen LogP contribution in [0.25, 0.3) is 33.4 Å². The summed E-state index contributed by atoms with van der Waals surface area (Å²) in [5, 5.41) is 13.8. The Morgan fingerprint density at radius 3 is 2.58 bits per heavy atom. The molecule has 5 rings (SSSR count). The number of carbonyl (C=O) groups excluding carboxylic acids is 1. The molecule has 0 aliphatic carbocycles. The quantitative estimate of drug-likeness (QED) is 0.465. The van der Waals surface area contributed by atoms with Gasteiger partial charge in [-0.3, -0.25) is 9.97 Å². The number of halogens is 3. The molecule has 0 amide bonds. The highest BCUT2D eigenvalue weighted by Crippen LogP contribution is 2.33. The van der Waals surface area contributed by atoms with Crippen molar-refractivity contribution in [3.8, 4) is 28.6 Å². The van der Waals surface area contributed by atoms with Crippen molar-refractivity contribution in [1.82, 2.24) is 20.0 Å². The largest absolute Gasteiger partial charge is 0.493 e. The van der Waals surface area contributed by atoms with Crippen LogP contribution in [0.15, 0.2) is 60.9 Å². The maximum Gasteiger partial charge on any atom is 0.493 e. The summed E-state index contributed by atoms with van der Waals surface area (Å²) in [5.41, 5.74) is 2.65. The van der Waals surface area contributed by atoms with Crippen LogP contribution in [0.3, 0.4) is 0 Å². The van der Waals surface area contributed by atoms with E-state index in [1.165, 1.54) is 12.3 Å². The second kappa shape index (κ2) is 9.31. The summed E-state index contributed by atoms with van der Waals surface area (Å²) in [5.74, 6) is -2.29. The van der Waals surface area contributed by atoms with Gasteiger partial charge in [0.05, 0.1) is 22.5 Å². The van der Waals surface area contributed by atoms with E-state index in [1.54, 1.807) is 23.2 Å². The maximum atomic E-state index is 13.2. The van der Waals surface area contributed by atoms with E-state index in [0.29, 0.717) is 43.0 Å². The number of benzene rings is 1. The van der Waals surface area contributed by atoms with Crippen molar-refractivity contribution in [2.75, 3.05) is 31.1 Å². The van der Waals surface area contributed by atoms with Gasteiger partial charge in [-0.1, -0.05) is 18.2 Å². The first-order valence-electron chi connectivity index (χ1n) is 11.1. The minimum absolute atomic E-state index is 0.0904. The number of alkyl halides is 3. The molecule has 3 aromatic heterocycles. The number of rotatable bonds is 4. The number of aromatic nitrogens is 3.